The second kappa shape index (κ2) is 6.48. The Balaban J connectivity index is 2.04. The Bertz CT molecular complexity index is 633. The predicted octanol–water partition coefficient (Wildman–Crippen LogP) is 2.77. The molecule has 102 valence electrons. The summed E-state index contributed by atoms with van der Waals surface area (Å²) in [6.45, 7) is 0.454. The van der Waals surface area contributed by atoms with Gasteiger partial charge in [-0.25, -0.2) is 0 Å². The van der Waals surface area contributed by atoms with Crippen LogP contribution in [0.3, 0.4) is 0 Å². The molecule has 2 rings (SSSR count). The first-order chi connectivity index (χ1) is 9.74. The van der Waals surface area contributed by atoms with Crippen LogP contribution >= 0.6 is 0 Å². The lowest BCUT2D eigenvalue weighted by Crippen LogP contribution is -2.05. The minimum atomic E-state index is 0.454. The van der Waals surface area contributed by atoms with Crippen LogP contribution in [0.5, 0.6) is 11.5 Å². The predicted molar refractivity (Wildman–Crippen MR) is 77.8 cm³/mol. The normalized spacial score (nSPS) is 9.80. The minimum Gasteiger partial charge on any atom is -0.497 e. The Hall–Kier alpha value is -2.67. The fraction of sp³-hybridized carbons (Fsp3) is 0.188. The molecule has 4 nitrogen and oxygen atoms in total. The van der Waals surface area contributed by atoms with Gasteiger partial charge in [0.15, 0.2) is 0 Å². The monoisotopic (exact) mass is 268 g/mol. The van der Waals surface area contributed by atoms with Gasteiger partial charge < -0.3 is 15.2 Å². The molecule has 0 unspecified atom stereocenters. The molecule has 20 heavy (non-hydrogen) atoms. The van der Waals surface area contributed by atoms with Crippen LogP contribution in [-0.2, 0) is 6.42 Å². The fourth-order valence-corrected chi connectivity index (χ4v) is 1.87. The number of rotatable bonds is 5. The van der Waals surface area contributed by atoms with Gasteiger partial charge >= 0.3 is 0 Å². The molecule has 0 atom stereocenters. The summed E-state index contributed by atoms with van der Waals surface area (Å²) in [4.78, 5) is 0. The average Bonchev–Trinajstić information content (AvgIpc) is 2.49. The minimum absolute atomic E-state index is 0.454. The maximum atomic E-state index is 9.05. The van der Waals surface area contributed by atoms with Gasteiger partial charge in [0.2, 0.25) is 0 Å². The molecule has 0 saturated heterocycles. The quantitative estimate of drug-likeness (QED) is 0.847. The molecular formula is C16H16N2O2. The zero-order valence-corrected chi connectivity index (χ0v) is 11.3. The van der Waals surface area contributed by atoms with Crippen LogP contribution in [-0.4, -0.2) is 13.7 Å². The number of ether oxygens (including phenoxy) is 2. The molecule has 0 spiro atoms. The van der Waals surface area contributed by atoms with Crippen molar-refractivity contribution in [1.29, 1.82) is 5.26 Å². The number of methoxy groups -OCH3 is 1. The molecule has 0 saturated carbocycles. The number of anilines is 1. The van der Waals surface area contributed by atoms with Gasteiger partial charge in [-0.3, -0.25) is 0 Å². The summed E-state index contributed by atoms with van der Waals surface area (Å²) in [6.07, 6.45) is 0.689. The number of benzene rings is 2. The molecule has 2 aromatic rings. The van der Waals surface area contributed by atoms with Crippen molar-refractivity contribution >= 4 is 5.69 Å². The van der Waals surface area contributed by atoms with Gasteiger partial charge in [0.05, 0.1) is 19.3 Å². The third-order valence-electron chi connectivity index (χ3n) is 2.99. The topological polar surface area (TPSA) is 68.3 Å². The van der Waals surface area contributed by atoms with Crippen molar-refractivity contribution in [3.8, 4) is 17.6 Å². The largest absolute Gasteiger partial charge is 0.497 e. The van der Waals surface area contributed by atoms with E-state index in [1.165, 1.54) is 0 Å². The van der Waals surface area contributed by atoms with Gasteiger partial charge in [0, 0.05) is 18.2 Å². The third kappa shape index (κ3) is 3.21. The Kier molecular flexibility index (Phi) is 4.46. The second-order valence-electron chi connectivity index (χ2n) is 4.27. The van der Waals surface area contributed by atoms with E-state index in [0.29, 0.717) is 30.1 Å². The molecule has 0 radical (unpaired) electrons. The van der Waals surface area contributed by atoms with Crippen molar-refractivity contribution in [2.75, 3.05) is 19.5 Å². The highest BCUT2D eigenvalue weighted by Crippen LogP contribution is 2.24. The molecule has 4 heteroatoms. The maximum Gasteiger partial charge on any atom is 0.140 e. The number of nitriles is 1. The summed E-state index contributed by atoms with van der Waals surface area (Å²) in [6, 6.07) is 14.9. The van der Waals surface area contributed by atoms with Gasteiger partial charge in [-0.2, -0.15) is 5.26 Å². The van der Waals surface area contributed by atoms with Crippen LogP contribution < -0.4 is 15.2 Å². The van der Waals surface area contributed by atoms with Crippen molar-refractivity contribution in [2.45, 2.75) is 6.42 Å². The van der Waals surface area contributed by atoms with Crippen LogP contribution in [0.1, 0.15) is 11.1 Å². The molecule has 0 heterocycles. The summed E-state index contributed by atoms with van der Waals surface area (Å²) in [5, 5.41) is 9.05. The number of nitrogens with two attached hydrogens (primary N) is 1. The summed E-state index contributed by atoms with van der Waals surface area (Å²) in [5.41, 5.74) is 8.15. The van der Waals surface area contributed by atoms with Gasteiger partial charge in [0.1, 0.15) is 17.6 Å². The van der Waals surface area contributed by atoms with Crippen molar-refractivity contribution in [1.82, 2.24) is 0 Å². The van der Waals surface area contributed by atoms with Gasteiger partial charge in [-0.15, -0.1) is 0 Å². The van der Waals surface area contributed by atoms with Crippen molar-refractivity contribution in [3.05, 3.63) is 53.6 Å². The van der Waals surface area contributed by atoms with E-state index in [-0.39, 0.29) is 0 Å². The molecule has 0 aliphatic rings. The number of nitrogens with zero attached hydrogens (tertiary/aromatic N) is 1. The van der Waals surface area contributed by atoms with Crippen LogP contribution in [0.25, 0.3) is 0 Å². The Labute approximate surface area is 118 Å². The Morgan fingerprint density at radius 3 is 2.70 bits per heavy atom. The lowest BCUT2D eigenvalue weighted by molar-refractivity contribution is 0.318. The number of nitrogen functional groups attached to an aromatic ring is 1. The van der Waals surface area contributed by atoms with Gasteiger partial charge in [-0.05, 0) is 23.8 Å². The van der Waals surface area contributed by atoms with Crippen LogP contribution in [0.4, 0.5) is 5.69 Å². The van der Waals surface area contributed by atoms with Crippen molar-refractivity contribution in [3.63, 3.8) is 0 Å². The van der Waals surface area contributed by atoms with Gasteiger partial charge in [0.25, 0.3) is 0 Å². The summed E-state index contributed by atoms with van der Waals surface area (Å²) < 4.78 is 10.8. The van der Waals surface area contributed by atoms with E-state index < -0.39 is 0 Å². The zero-order chi connectivity index (χ0) is 14.4. The third-order valence-corrected chi connectivity index (χ3v) is 2.99. The molecule has 0 amide bonds. The van der Waals surface area contributed by atoms with E-state index in [2.05, 4.69) is 6.07 Å². The highest BCUT2D eigenvalue weighted by molar-refractivity contribution is 5.48. The molecular weight excluding hydrogens is 252 g/mol. The van der Waals surface area contributed by atoms with Crippen molar-refractivity contribution < 1.29 is 9.47 Å². The van der Waals surface area contributed by atoms with Crippen molar-refractivity contribution in [2.24, 2.45) is 0 Å². The molecule has 0 fully saturated rings. The standard InChI is InChI=1S/C16H16N2O2/c1-19-14-7-6-13(11-17)16(10-14)20-9-8-12-4-2-3-5-15(12)18/h2-7,10H,8-9,18H2,1H3. The molecule has 2 aromatic carbocycles. The van der Waals surface area contributed by atoms with E-state index >= 15 is 0 Å². The molecule has 0 aliphatic heterocycles. The van der Waals surface area contributed by atoms with E-state index in [9.17, 15) is 0 Å². The summed E-state index contributed by atoms with van der Waals surface area (Å²) in [5.74, 6) is 1.19. The summed E-state index contributed by atoms with van der Waals surface area (Å²) in [7, 11) is 1.58. The highest BCUT2D eigenvalue weighted by atomic mass is 16.5. The fourth-order valence-electron chi connectivity index (χ4n) is 1.87. The van der Waals surface area contributed by atoms with Crippen LogP contribution in [0.15, 0.2) is 42.5 Å². The van der Waals surface area contributed by atoms with Crippen LogP contribution in [0, 0.1) is 11.3 Å². The lowest BCUT2D eigenvalue weighted by Gasteiger charge is -2.10. The van der Waals surface area contributed by atoms with E-state index in [4.69, 9.17) is 20.5 Å². The lowest BCUT2D eigenvalue weighted by atomic mass is 10.1. The average molecular weight is 268 g/mol. The SMILES string of the molecule is COc1ccc(C#N)c(OCCc2ccccc2N)c1. The second-order valence-corrected chi connectivity index (χ2v) is 4.27. The molecule has 0 aliphatic carbocycles. The van der Waals surface area contributed by atoms with Gasteiger partial charge in [-0.1, -0.05) is 18.2 Å². The van der Waals surface area contributed by atoms with Crippen LogP contribution in [0.2, 0.25) is 0 Å². The smallest absolute Gasteiger partial charge is 0.140 e. The highest BCUT2D eigenvalue weighted by Gasteiger charge is 2.06. The van der Waals surface area contributed by atoms with E-state index in [0.717, 1.165) is 11.3 Å². The van der Waals surface area contributed by atoms with E-state index in [1.54, 1.807) is 25.3 Å². The molecule has 0 bridgehead atoms. The Morgan fingerprint density at radius 2 is 2.00 bits per heavy atom. The maximum absolute atomic E-state index is 9.05. The molecule has 0 aromatic heterocycles. The first-order valence-corrected chi connectivity index (χ1v) is 6.29. The first kappa shape index (κ1) is 13.8. The number of hydrogen-bond donors (Lipinski definition) is 1. The Morgan fingerprint density at radius 1 is 1.20 bits per heavy atom. The number of para-hydroxylation sites is 1. The summed E-state index contributed by atoms with van der Waals surface area (Å²) >= 11 is 0. The molecule has 2 N–H and O–H groups in total. The number of hydrogen-bond acceptors (Lipinski definition) is 4. The first-order valence-electron chi connectivity index (χ1n) is 6.29. The zero-order valence-electron chi connectivity index (χ0n) is 11.3. The van der Waals surface area contributed by atoms with E-state index in [1.807, 2.05) is 24.3 Å².